The third-order valence-corrected chi connectivity index (χ3v) is 11.6. The molecule has 0 aromatic heterocycles. The molecule has 1 aromatic carbocycles. The summed E-state index contributed by atoms with van der Waals surface area (Å²) in [6.45, 7) is 15.9. The minimum Gasteiger partial charge on any atom is -0.464 e. The molecular weight excluding hydrogens is 706 g/mol. The molecule has 2 unspecified atom stereocenters. The van der Waals surface area contributed by atoms with Crippen molar-refractivity contribution >= 4 is 24.2 Å². The number of hydrogen-bond acceptors (Lipinski definition) is 12. The normalized spacial score (nSPS) is 37.2. The summed E-state index contributed by atoms with van der Waals surface area (Å²) in [6, 6.07) is 8.52. The van der Waals surface area contributed by atoms with Crippen molar-refractivity contribution in [1.82, 2.24) is 9.80 Å². The van der Waals surface area contributed by atoms with Gasteiger partial charge in [-0.25, -0.2) is 9.59 Å². The lowest BCUT2D eigenvalue weighted by Gasteiger charge is -2.48. The number of esters is 2. The van der Waals surface area contributed by atoms with Gasteiger partial charge in [-0.05, 0) is 118 Å². The quantitative estimate of drug-likeness (QED) is 0.199. The summed E-state index contributed by atoms with van der Waals surface area (Å²) in [5.74, 6) is -2.10. The van der Waals surface area contributed by atoms with E-state index >= 15 is 0 Å². The van der Waals surface area contributed by atoms with E-state index in [-0.39, 0.29) is 42.5 Å². The number of aliphatic hydroxyl groups is 1. The predicted molar refractivity (Wildman–Crippen MR) is 209 cm³/mol. The number of ether oxygens (including phenoxy) is 6. The zero-order chi connectivity index (χ0) is 40.8. The number of carbonyl (C=O) groups is 3. The molecule has 310 valence electrons. The molecule has 2 aliphatic heterocycles. The van der Waals surface area contributed by atoms with Gasteiger partial charge in [-0.2, -0.15) is 4.99 Å². The number of aliphatic hydroxyl groups excluding tert-OH is 1. The number of benzene rings is 1. The average Bonchev–Trinajstić information content (AvgIpc) is 3.09. The zero-order valence-electron chi connectivity index (χ0n) is 35.1. The van der Waals surface area contributed by atoms with Crippen molar-refractivity contribution in [3.05, 3.63) is 35.9 Å². The third-order valence-electron chi connectivity index (χ3n) is 11.6. The third kappa shape index (κ3) is 11.8. The van der Waals surface area contributed by atoms with Crippen LogP contribution in [-0.4, -0.2) is 135 Å². The Morgan fingerprint density at radius 2 is 1.73 bits per heavy atom. The lowest BCUT2D eigenvalue weighted by Crippen LogP contribution is -2.60. The van der Waals surface area contributed by atoms with Gasteiger partial charge in [-0.3, -0.25) is 9.69 Å². The maximum Gasteiger partial charge on any atom is 0.433 e. The van der Waals surface area contributed by atoms with E-state index in [4.69, 9.17) is 28.4 Å². The Hall–Kier alpha value is -2.94. The molecule has 4 rings (SSSR count). The molecule has 1 saturated carbocycles. The molecule has 1 aromatic rings. The van der Waals surface area contributed by atoms with Crippen LogP contribution in [0.5, 0.6) is 0 Å². The van der Waals surface area contributed by atoms with Gasteiger partial charge in [0.25, 0.3) is 0 Å². The average molecular weight is 774 g/mol. The van der Waals surface area contributed by atoms with Crippen molar-refractivity contribution in [1.29, 1.82) is 0 Å². The number of rotatable bonds is 8. The summed E-state index contributed by atoms with van der Waals surface area (Å²) in [4.78, 5) is 47.5. The van der Waals surface area contributed by atoms with E-state index < -0.39 is 65.7 Å². The van der Waals surface area contributed by atoms with Crippen LogP contribution in [0.4, 0.5) is 4.79 Å². The number of nitrogens with zero attached hydrogens (tertiary/aromatic N) is 3. The standard InChI is InChI=1S/C42H67N3O10/c1-25-21-42(8,50-12)36(54-39-35(32(44(9)10)18-26(2)52-39)53-38(48)30-16-14-13-15-17-30)27(3)34(46)28(4)37(47)51-24-33(45(11)23-25)31-19-29(20-31)22-43-40(49)55-41(5,6)7/h13-17,22,25-29,31-36,39,46H,18-21,23-24H2,1-12H3/t25-,26-,27+,28?,29?,31?,32+,33+,34?,35-,36-,39+,42-/m1/s1. The molecule has 0 spiro atoms. The second-order valence-corrected chi connectivity index (χ2v) is 17.7. The molecule has 0 radical (unpaired) electrons. The first-order valence-electron chi connectivity index (χ1n) is 19.8. The number of likely N-dealkylation sites (N-methyl/N-ethyl adjacent to an activating group) is 2. The first-order chi connectivity index (χ1) is 25.7. The highest BCUT2D eigenvalue weighted by atomic mass is 16.7. The van der Waals surface area contributed by atoms with Gasteiger partial charge in [-0.15, -0.1) is 0 Å². The van der Waals surface area contributed by atoms with Crippen LogP contribution < -0.4 is 0 Å². The molecule has 1 aliphatic carbocycles. The minimum absolute atomic E-state index is 0.0822. The van der Waals surface area contributed by atoms with Crippen molar-refractivity contribution in [2.45, 2.75) is 135 Å². The lowest BCUT2D eigenvalue weighted by molar-refractivity contribution is -0.300. The Balaban J connectivity index is 1.59. The molecule has 3 fully saturated rings. The molecule has 13 heteroatoms. The van der Waals surface area contributed by atoms with Crippen LogP contribution in [-0.2, 0) is 33.2 Å². The summed E-state index contributed by atoms with van der Waals surface area (Å²) < 4.78 is 37.2. The highest BCUT2D eigenvalue weighted by Gasteiger charge is 2.50. The maximum absolute atomic E-state index is 13.6. The van der Waals surface area contributed by atoms with Crippen molar-refractivity contribution in [3.8, 4) is 0 Å². The number of carbonyl (C=O) groups excluding carboxylic acids is 3. The smallest absolute Gasteiger partial charge is 0.433 e. The van der Waals surface area contributed by atoms with Gasteiger partial charge in [0.05, 0.1) is 41.4 Å². The molecule has 3 aliphatic rings. The van der Waals surface area contributed by atoms with Crippen LogP contribution in [0.1, 0.15) is 91.4 Å². The Morgan fingerprint density at radius 3 is 2.33 bits per heavy atom. The summed E-state index contributed by atoms with van der Waals surface area (Å²) in [5, 5.41) is 11.9. The van der Waals surface area contributed by atoms with Crippen LogP contribution >= 0.6 is 0 Å². The molecule has 1 amide bonds. The molecule has 11 atom stereocenters. The fourth-order valence-corrected chi connectivity index (χ4v) is 8.49. The Morgan fingerprint density at radius 1 is 1.07 bits per heavy atom. The number of aliphatic imine (C=N–C) groups is 1. The van der Waals surface area contributed by atoms with E-state index in [2.05, 4.69) is 16.8 Å². The van der Waals surface area contributed by atoms with Crippen LogP contribution in [0.25, 0.3) is 0 Å². The fraction of sp³-hybridized carbons (Fsp3) is 0.762. The van der Waals surface area contributed by atoms with Gasteiger partial charge in [0, 0.05) is 31.8 Å². The molecule has 55 heavy (non-hydrogen) atoms. The van der Waals surface area contributed by atoms with Gasteiger partial charge in [0.2, 0.25) is 0 Å². The Bertz CT molecular complexity index is 1450. The van der Waals surface area contributed by atoms with E-state index in [1.165, 1.54) is 0 Å². The van der Waals surface area contributed by atoms with Gasteiger partial charge in [-0.1, -0.05) is 32.0 Å². The molecule has 2 heterocycles. The molecule has 13 nitrogen and oxygen atoms in total. The number of hydrogen-bond donors (Lipinski definition) is 1. The summed E-state index contributed by atoms with van der Waals surface area (Å²) in [5.41, 5.74) is -1.16. The van der Waals surface area contributed by atoms with Crippen LogP contribution in [0.15, 0.2) is 35.3 Å². The van der Waals surface area contributed by atoms with E-state index in [9.17, 15) is 19.5 Å². The second-order valence-electron chi connectivity index (χ2n) is 17.7. The molecular formula is C42H67N3O10. The topological polar surface area (TPSA) is 146 Å². The number of methoxy groups -OCH3 is 1. The SMILES string of the molecule is CO[C@]1(C)C[C@@H](C)CN(C)[C@H](C2CC(C=NC(=O)OC(C)(C)C)C2)COC(=O)C(C)C(O)[C@H](C)[C@H]1O[C@@H]1O[C@H](C)C[C@H](N(C)C)[C@H]1OC(=O)c1ccccc1. The van der Waals surface area contributed by atoms with Gasteiger partial charge in [0.1, 0.15) is 12.2 Å². The van der Waals surface area contributed by atoms with E-state index in [1.54, 1.807) is 65.3 Å². The largest absolute Gasteiger partial charge is 0.464 e. The molecule has 1 N–H and O–H groups in total. The highest BCUT2D eigenvalue weighted by Crippen LogP contribution is 2.40. The van der Waals surface area contributed by atoms with Crippen molar-refractivity contribution in [2.24, 2.45) is 34.6 Å². The van der Waals surface area contributed by atoms with Crippen LogP contribution in [0.2, 0.25) is 0 Å². The summed E-state index contributed by atoms with van der Waals surface area (Å²) >= 11 is 0. The lowest BCUT2D eigenvalue weighted by atomic mass is 9.71. The van der Waals surface area contributed by atoms with Crippen LogP contribution in [0.3, 0.4) is 0 Å². The minimum atomic E-state index is -1.16. The zero-order valence-corrected chi connectivity index (χ0v) is 35.1. The van der Waals surface area contributed by atoms with E-state index in [0.29, 0.717) is 24.9 Å². The summed E-state index contributed by atoms with van der Waals surface area (Å²) in [6.07, 6.45) is -0.166. The molecule has 2 saturated heterocycles. The number of amides is 1. The molecule has 0 bridgehead atoms. The first kappa shape index (κ1) is 44.8. The second kappa shape index (κ2) is 19.0. The van der Waals surface area contributed by atoms with Gasteiger partial charge < -0.3 is 38.4 Å². The Labute approximate surface area is 328 Å². The van der Waals surface area contributed by atoms with E-state index in [0.717, 1.165) is 12.8 Å². The van der Waals surface area contributed by atoms with E-state index in [1.807, 2.05) is 52.9 Å². The maximum atomic E-state index is 13.6. The van der Waals surface area contributed by atoms with Crippen molar-refractivity contribution < 1.29 is 47.9 Å². The Kier molecular flexibility index (Phi) is 15.5. The first-order valence-corrected chi connectivity index (χ1v) is 19.8. The predicted octanol–water partition coefficient (Wildman–Crippen LogP) is 5.62. The monoisotopic (exact) mass is 773 g/mol. The highest BCUT2D eigenvalue weighted by molar-refractivity contribution is 5.89. The van der Waals surface area contributed by atoms with Crippen molar-refractivity contribution in [3.63, 3.8) is 0 Å². The van der Waals surface area contributed by atoms with Crippen molar-refractivity contribution in [2.75, 3.05) is 41.4 Å². The number of cyclic esters (lactones) is 1. The van der Waals surface area contributed by atoms with Gasteiger partial charge >= 0.3 is 18.0 Å². The van der Waals surface area contributed by atoms with Gasteiger partial charge in [0.15, 0.2) is 12.4 Å². The summed E-state index contributed by atoms with van der Waals surface area (Å²) in [7, 11) is 7.56. The fourth-order valence-electron chi connectivity index (χ4n) is 8.49. The van der Waals surface area contributed by atoms with Crippen LogP contribution in [0, 0.1) is 29.6 Å².